The highest BCUT2D eigenvalue weighted by Gasteiger charge is 2.29. The first kappa shape index (κ1) is 35.1. The molecule has 0 saturated carbocycles. The number of rotatable bonds is 3. The predicted octanol–water partition coefficient (Wildman–Crippen LogP) is -7.71. The van der Waals surface area contributed by atoms with E-state index < -0.39 is 0 Å². The van der Waals surface area contributed by atoms with Gasteiger partial charge in [-0.3, -0.25) is 0 Å². The molecule has 3 heterocycles. The largest absolute Gasteiger partial charge is 0.457 e. The van der Waals surface area contributed by atoms with E-state index in [-0.39, 0.29) is 0 Å². The Bertz CT molecular complexity index is 3310. The van der Waals surface area contributed by atoms with E-state index in [2.05, 4.69) is 186 Å². The van der Waals surface area contributed by atoms with Crippen molar-refractivity contribution in [3.05, 3.63) is 91.0 Å². The molecule has 0 N–H and O–H groups in total. The van der Waals surface area contributed by atoms with Gasteiger partial charge in [0, 0.05) is 32.6 Å². The van der Waals surface area contributed by atoms with Crippen molar-refractivity contribution in [3.63, 3.8) is 0 Å². The Balaban J connectivity index is 1.43. The van der Waals surface area contributed by atoms with Crippen LogP contribution < -0.4 is 60.1 Å². The summed E-state index contributed by atoms with van der Waals surface area (Å²) in [6, 6.07) is 33.6. The van der Waals surface area contributed by atoms with Crippen LogP contribution in [0.2, 0.25) is 0 Å². The van der Waals surface area contributed by atoms with Crippen molar-refractivity contribution in [2.75, 3.05) is 0 Å². The van der Waals surface area contributed by atoms with Crippen LogP contribution in [0.1, 0.15) is 0 Å². The fourth-order valence-corrected chi connectivity index (χ4v) is 10.1. The molecule has 0 atom stereocenters. The van der Waals surface area contributed by atoms with Crippen LogP contribution in [0.3, 0.4) is 0 Å². The average molecular weight is 705 g/mol. The summed E-state index contributed by atoms with van der Waals surface area (Å²) in [5.41, 5.74) is 26.2. The smallest absolute Gasteiger partial charge is 0.143 e. The number of fused-ring (bicyclic) bond motifs is 9. The molecule has 0 amide bonds. The zero-order valence-corrected chi connectivity index (χ0v) is 34.5. The number of hydrogen-bond acceptors (Lipinski definition) is 1. The Hall–Kier alpha value is -5.35. The van der Waals surface area contributed by atoms with Crippen LogP contribution >= 0.6 is 0 Å². The van der Waals surface area contributed by atoms with Crippen molar-refractivity contribution in [3.8, 4) is 22.5 Å². The van der Waals surface area contributed by atoms with Crippen LogP contribution in [0, 0.1) is 0 Å². The molecule has 3 aromatic heterocycles. The fraction of sp³-hybridized carbons (Fsp3) is 0. The lowest BCUT2D eigenvalue weighted by Gasteiger charge is -2.26. The zero-order valence-electron chi connectivity index (χ0n) is 34.5. The van der Waals surface area contributed by atoms with Crippen molar-refractivity contribution >= 4 is 212 Å². The van der Waals surface area contributed by atoms with E-state index in [0.717, 1.165) is 16.9 Å². The summed E-state index contributed by atoms with van der Waals surface area (Å²) in [7, 11) is 25.1. The number of hydrogen-bond donors (Lipinski definition) is 0. The Morgan fingerprint density at radius 3 is 1.34 bits per heavy atom. The minimum atomic E-state index is 0.983. The Morgan fingerprint density at radius 1 is 0.339 bits per heavy atom. The molecule has 7 aromatic carbocycles. The number of benzene rings is 7. The maximum atomic E-state index is 7.13. The van der Waals surface area contributed by atoms with Gasteiger partial charge in [-0.05, 0) is 47.5 Å². The molecule has 14 heteroatoms. The van der Waals surface area contributed by atoms with Crippen molar-refractivity contribution in [1.82, 2.24) is 9.13 Å². The van der Waals surface area contributed by atoms with Crippen LogP contribution in [0.15, 0.2) is 95.4 Å². The van der Waals surface area contributed by atoms with Gasteiger partial charge in [-0.25, -0.2) is 0 Å². The molecule has 0 unspecified atom stereocenters. The van der Waals surface area contributed by atoms with Gasteiger partial charge in [0.25, 0.3) is 0 Å². The lowest BCUT2D eigenvalue weighted by molar-refractivity contribution is 0.674. The number of nitrogens with zero attached hydrogens (tertiary/aromatic N) is 2. The summed E-state index contributed by atoms with van der Waals surface area (Å²) < 4.78 is 12.1. The molecule has 0 aliphatic heterocycles. The van der Waals surface area contributed by atoms with Crippen molar-refractivity contribution in [2.45, 2.75) is 0 Å². The van der Waals surface area contributed by atoms with Gasteiger partial charge < -0.3 is 13.6 Å². The maximum absolute atomic E-state index is 7.13. The van der Waals surface area contributed by atoms with Crippen molar-refractivity contribution < 1.29 is 4.42 Å². The molecular weight excluding hydrogens is 667 g/mol. The highest BCUT2D eigenvalue weighted by Crippen LogP contribution is 2.42. The minimum absolute atomic E-state index is 0.983. The number of furan rings is 1. The topological polar surface area (TPSA) is 23.0 Å². The summed E-state index contributed by atoms with van der Waals surface area (Å²) in [5, 5.41) is 7.43. The number of para-hydroxylation sites is 3. The summed E-state index contributed by atoms with van der Waals surface area (Å²) in [6.07, 6.45) is 0. The normalized spacial score (nSPS) is 12.0. The quantitative estimate of drug-likeness (QED) is 0.168. The predicted molar refractivity (Wildman–Crippen MR) is 278 cm³/mol. The molecule has 3 nitrogen and oxygen atoms in total. The summed E-state index contributed by atoms with van der Waals surface area (Å²) in [5.74, 6) is 0. The number of aromatic nitrogens is 2. The van der Waals surface area contributed by atoms with E-state index in [1.165, 1.54) is 131 Å². The molecule has 0 fully saturated rings. The fourth-order valence-electron chi connectivity index (χ4n) is 10.1. The third kappa shape index (κ3) is 4.50. The monoisotopic (exact) mass is 706 g/mol. The van der Waals surface area contributed by atoms with Gasteiger partial charge >= 0.3 is 0 Å². The van der Waals surface area contributed by atoms with E-state index >= 15 is 0 Å². The third-order valence-corrected chi connectivity index (χ3v) is 14.0. The van der Waals surface area contributed by atoms with Gasteiger partial charge in [-0.1, -0.05) is 92.8 Å². The molecule has 0 spiro atoms. The average Bonchev–Trinajstić information content (AvgIpc) is 3.88. The molecule has 0 saturated heterocycles. The molecule has 10 rings (SSSR count). The van der Waals surface area contributed by atoms with E-state index in [0.29, 0.717) is 0 Å². The van der Waals surface area contributed by atoms with Gasteiger partial charge in [0.1, 0.15) is 97.5 Å². The molecule has 0 aliphatic rings. The van der Waals surface area contributed by atoms with Crippen LogP contribution in [-0.2, 0) is 0 Å². The van der Waals surface area contributed by atoms with Gasteiger partial charge in [0.15, 0.2) is 0 Å². The first-order chi connectivity index (χ1) is 26.9. The van der Waals surface area contributed by atoms with Gasteiger partial charge in [0.05, 0.1) is 33.1 Å². The molecule has 0 radical (unpaired) electrons. The lowest BCUT2D eigenvalue weighted by Crippen LogP contribution is -2.55. The summed E-state index contributed by atoms with van der Waals surface area (Å²) in [6.45, 7) is 0. The van der Waals surface area contributed by atoms with Crippen molar-refractivity contribution in [1.29, 1.82) is 0 Å². The highest BCUT2D eigenvalue weighted by atomic mass is 16.3. The standard InChI is InChI=1S/C42H37B11N2O/c43-29-25(30(44)34(48)36(50)33(29)47)26-31(45)38(52)42-28(27-32(46)35(49)37(51)39(53)41(27)56-42)40(26)55-23-12-6-3-9-19(23)20-15-16(13-14-24(20)55)54-21-10-4-1-7-17(21)18-8-2-5-11-22(18)54/h1-15H,43-53H2. The molecular formula is C42H37B11N2O. The Morgan fingerprint density at radius 2 is 0.750 bits per heavy atom. The summed E-state index contributed by atoms with van der Waals surface area (Å²) >= 11 is 0. The van der Waals surface area contributed by atoms with E-state index in [1.54, 1.807) is 0 Å². The first-order valence-electron chi connectivity index (χ1n) is 20.0. The molecule has 0 bridgehead atoms. The summed E-state index contributed by atoms with van der Waals surface area (Å²) in [4.78, 5) is 0. The van der Waals surface area contributed by atoms with Crippen LogP contribution in [0.25, 0.3) is 88.1 Å². The van der Waals surface area contributed by atoms with E-state index in [9.17, 15) is 0 Å². The van der Waals surface area contributed by atoms with Gasteiger partial charge in [-0.2, -0.15) is 0 Å². The Labute approximate surface area is 337 Å². The van der Waals surface area contributed by atoms with E-state index in [1.807, 2.05) is 0 Å². The molecule has 56 heavy (non-hydrogen) atoms. The van der Waals surface area contributed by atoms with Gasteiger partial charge in [-0.15, -0.1) is 21.9 Å². The maximum Gasteiger partial charge on any atom is 0.143 e. The van der Waals surface area contributed by atoms with E-state index in [4.69, 9.17) is 4.42 Å². The first-order valence-corrected chi connectivity index (χ1v) is 20.0. The molecule has 254 valence electrons. The van der Waals surface area contributed by atoms with Crippen LogP contribution in [-0.4, -0.2) is 95.4 Å². The molecule has 10 aromatic rings. The molecule has 0 aliphatic carbocycles. The zero-order chi connectivity index (χ0) is 39.1. The lowest BCUT2D eigenvalue weighted by atomic mass is 9.58. The second-order valence-corrected chi connectivity index (χ2v) is 16.4. The highest BCUT2D eigenvalue weighted by molar-refractivity contribution is 6.70. The van der Waals surface area contributed by atoms with Crippen molar-refractivity contribution in [2.24, 2.45) is 0 Å². The minimum Gasteiger partial charge on any atom is -0.457 e. The van der Waals surface area contributed by atoms with Crippen LogP contribution in [0.5, 0.6) is 0 Å². The second-order valence-electron chi connectivity index (χ2n) is 16.4. The second kappa shape index (κ2) is 12.3. The van der Waals surface area contributed by atoms with Gasteiger partial charge in [0.2, 0.25) is 0 Å². The SMILES string of the molecule is Bc1c(B)c(B)c(-c2c(B)c(B)c3oc4c(B)c(B)c(B)c(B)c4c3c2-n2c3ccccc3c3cc(-n4c5ccccc5c5ccccc54)ccc32)c(B)c1B. The third-order valence-electron chi connectivity index (χ3n) is 14.0. The Kier molecular flexibility index (Phi) is 7.72. The van der Waals surface area contributed by atoms with Crippen LogP contribution in [0.4, 0.5) is 0 Å².